The minimum atomic E-state index is 0.277. The number of aromatic nitrogens is 1. The maximum absolute atomic E-state index is 4.62. The van der Waals surface area contributed by atoms with Crippen molar-refractivity contribution < 1.29 is 0 Å². The molecule has 0 saturated carbocycles. The molecule has 0 aliphatic heterocycles. The first-order valence-electron chi connectivity index (χ1n) is 7.76. The lowest BCUT2D eigenvalue weighted by molar-refractivity contribution is 0.734. The number of hydrogen-bond donors (Lipinski definition) is 0. The Labute approximate surface area is 142 Å². The minimum absolute atomic E-state index is 0.277. The molecule has 0 amide bonds. The summed E-state index contributed by atoms with van der Waals surface area (Å²) in [5.74, 6) is 1.05. The van der Waals surface area contributed by atoms with Gasteiger partial charge in [0.1, 0.15) is 5.82 Å². The summed E-state index contributed by atoms with van der Waals surface area (Å²) in [4.78, 5) is 9.14. The number of nitrogens with zero attached hydrogens (tertiary/aromatic N) is 3. The lowest BCUT2D eigenvalue weighted by Gasteiger charge is -2.28. The zero-order chi connectivity index (χ0) is 16.1. The molecule has 0 aliphatic carbocycles. The molecule has 3 nitrogen and oxygen atoms in total. The van der Waals surface area contributed by atoms with E-state index in [2.05, 4.69) is 94.9 Å². The van der Waals surface area contributed by atoms with Gasteiger partial charge in [-0.25, -0.2) is 4.98 Å². The highest BCUT2D eigenvalue weighted by molar-refractivity contribution is 9.10. The van der Waals surface area contributed by atoms with Gasteiger partial charge in [-0.15, -0.1) is 0 Å². The predicted molar refractivity (Wildman–Crippen MR) is 98.8 cm³/mol. The van der Waals surface area contributed by atoms with Gasteiger partial charge in [0.05, 0.1) is 6.04 Å². The summed E-state index contributed by atoms with van der Waals surface area (Å²) in [7, 11) is 2.12. The molecule has 0 bridgehead atoms. The molecular formula is C18H24BrN3. The average Bonchev–Trinajstić information content (AvgIpc) is 2.56. The van der Waals surface area contributed by atoms with E-state index in [0.29, 0.717) is 0 Å². The van der Waals surface area contributed by atoms with Crippen molar-refractivity contribution in [2.75, 3.05) is 29.9 Å². The molecule has 0 unspecified atom stereocenters. The van der Waals surface area contributed by atoms with Gasteiger partial charge in [0.2, 0.25) is 0 Å². The summed E-state index contributed by atoms with van der Waals surface area (Å²) in [5, 5.41) is 0. The van der Waals surface area contributed by atoms with Crippen LogP contribution in [-0.2, 0) is 0 Å². The molecule has 1 aromatic carbocycles. The summed E-state index contributed by atoms with van der Waals surface area (Å²) >= 11 is 3.48. The third-order valence-electron chi connectivity index (χ3n) is 4.16. The SMILES string of the molecule is CCN(CC)c1ccc([C@H](C)N(C)c2ccc(Br)cc2)cn1. The fourth-order valence-electron chi connectivity index (χ4n) is 2.50. The maximum Gasteiger partial charge on any atom is 0.128 e. The van der Waals surface area contributed by atoms with Crippen molar-refractivity contribution >= 4 is 27.4 Å². The topological polar surface area (TPSA) is 19.4 Å². The molecule has 2 aromatic rings. The molecule has 1 aromatic heterocycles. The highest BCUT2D eigenvalue weighted by atomic mass is 79.9. The Morgan fingerprint density at radius 3 is 2.18 bits per heavy atom. The molecule has 1 atom stereocenters. The van der Waals surface area contributed by atoms with Crippen LogP contribution in [0.2, 0.25) is 0 Å². The molecule has 4 heteroatoms. The van der Waals surface area contributed by atoms with E-state index in [1.54, 1.807) is 0 Å². The van der Waals surface area contributed by atoms with E-state index in [0.717, 1.165) is 23.4 Å². The van der Waals surface area contributed by atoms with Gasteiger partial charge in [-0.3, -0.25) is 0 Å². The van der Waals surface area contributed by atoms with E-state index >= 15 is 0 Å². The van der Waals surface area contributed by atoms with Crippen LogP contribution in [0, 0.1) is 0 Å². The van der Waals surface area contributed by atoms with E-state index in [9.17, 15) is 0 Å². The predicted octanol–water partition coefficient (Wildman–Crippen LogP) is 4.89. The van der Waals surface area contributed by atoms with Gasteiger partial charge in [-0.2, -0.15) is 0 Å². The van der Waals surface area contributed by atoms with Crippen LogP contribution >= 0.6 is 15.9 Å². The number of pyridine rings is 1. The van der Waals surface area contributed by atoms with Crippen LogP contribution in [-0.4, -0.2) is 25.1 Å². The van der Waals surface area contributed by atoms with Crippen molar-refractivity contribution in [2.45, 2.75) is 26.8 Å². The van der Waals surface area contributed by atoms with Crippen molar-refractivity contribution in [1.29, 1.82) is 0 Å². The molecule has 1 heterocycles. The second kappa shape index (κ2) is 7.63. The lowest BCUT2D eigenvalue weighted by atomic mass is 10.1. The summed E-state index contributed by atoms with van der Waals surface area (Å²) < 4.78 is 1.10. The molecule has 22 heavy (non-hydrogen) atoms. The Bertz CT molecular complexity index is 576. The molecule has 0 saturated heterocycles. The Kier molecular flexibility index (Phi) is 5.83. The Morgan fingerprint density at radius 1 is 1.05 bits per heavy atom. The van der Waals surface area contributed by atoms with E-state index < -0.39 is 0 Å². The number of benzene rings is 1. The Balaban J connectivity index is 2.15. The summed E-state index contributed by atoms with van der Waals surface area (Å²) in [6.07, 6.45) is 1.99. The van der Waals surface area contributed by atoms with Crippen molar-refractivity contribution in [3.8, 4) is 0 Å². The van der Waals surface area contributed by atoms with Gasteiger partial charge >= 0.3 is 0 Å². The Morgan fingerprint density at radius 2 is 1.68 bits per heavy atom. The fraction of sp³-hybridized carbons (Fsp3) is 0.389. The monoisotopic (exact) mass is 361 g/mol. The van der Waals surface area contributed by atoms with Gasteiger partial charge in [0.15, 0.2) is 0 Å². The number of rotatable bonds is 6. The zero-order valence-corrected chi connectivity index (χ0v) is 15.3. The van der Waals surface area contributed by atoms with Gasteiger partial charge in [0.25, 0.3) is 0 Å². The third-order valence-corrected chi connectivity index (χ3v) is 4.68. The van der Waals surface area contributed by atoms with Crippen LogP contribution in [0.5, 0.6) is 0 Å². The standard InChI is InChI=1S/C18H24BrN3/c1-5-22(6-2)18-12-7-15(13-20-18)14(3)21(4)17-10-8-16(19)9-11-17/h7-14H,5-6H2,1-4H3/t14-/m0/s1. The fourth-order valence-corrected chi connectivity index (χ4v) is 2.77. The average molecular weight is 362 g/mol. The molecular weight excluding hydrogens is 338 g/mol. The van der Waals surface area contributed by atoms with Crippen molar-refractivity contribution in [1.82, 2.24) is 4.98 Å². The van der Waals surface area contributed by atoms with Gasteiger partial charge in [0, 0.05) is 36.5 Å². The van der Waals surface area contributed by atoms with E-state index in [1.807, 2.05) is 6.20 Å². The van der Waals surface area contributed by atoms with Crippen LogP contribution in [0.4, 0.5) is 11.5 Å². The molecule has 0 fully saturated rings. The second-order valence-electron chi connectivity index (χ2n) is 5.39. The van der Waals surface area contributed by atoms with Crippen LogP contribution in [0.3, 0.4) is 0 Å². The second-order valence-corrected chi connectivity index (χ2v) is 6.30. The first-order chi connectivity index (χ1) is 10.6. The van der Waals surface area contributed by atoms with Crippen LogP contribution < -0.4 is 9.80 Å². The van der Waals surface area contributed by atoms with E-state index in [4.69, 9.17) is 0 Å². The number of anilines is 2. The molecule has 0 aliphatic rings. The van der Waals surface area contributed by atoms with Crippen molar-refractivity contribution in [3.63, 3.8) is 0 Å². The minimum Gasteiger partial charge on any atom is -0.368 e. The van der Waals surface area contributed by atoms with Gasteiger partial charge in [-0.05, 0) is 56.7 Å². The molecule has 2 rings (SSSR count). The molecule has 118 valence electrons. The normalized spacial score (nSPS) is 12.0. The third kappa shape index (κ3) is 3.80. The van der Waals surface area contributed by atoms with Crippen LogP contribution in [0.1, 0.15) is 32.4 Å². The smallest absolute Gasteiger partial charge is 0.128 e. The summed E-state index contributed by atoms with van der Waals surface area (Å²) in [6.45, 7) is 8.48. The first kappa shape index (κ1) is 16.8. The lowest BCUT2D eigenvalue weighted by Crippen LogP contribution is -2.24. The quantitative estimate of drug-likeness (QED) is 0.730. The highest BCUT2D eigenvalue weighted by Gasteiger charge is 2.13. The van der Waals surface area contributed by atoms with Gasteiger partial charge in [-0.1, -0.05) is 22.0 Å². The first-order valence-corrected chi connectivity index (χ1v) is 8.55. The highest BCUT2D eigenvalue weighted by Crippen LogP contribution is 2.26. The molecule has 0 radical (unpaired) electrons. The molecule has 0 N–H and O–H groups in total. The largest absolute Gasteiger partial charge is 0.368 e. The van der Waals surface area contributed by atoms with E-state index in [-0.39, 0.29) is 6.04 Å². The molecule has 0 spiro atoms. The zero-order valence-electron chi connectivity index (χ0n) is 13.8. The maximum atomic E-state index is 4.62. The van der Waals surface area contributed by atoms with Gasteiger partial charge < -0.3 is 9.80 Å². The van der Waals surface area contributed by atoms with Crippen molar-refractivity contribution in [2.24, 2.45) is 0 Å². The van der Waals surface area contributed by atoms with Crippen molar-refractivity contribution in [3.05, 3.63) is 52.6 Å². The van der Waals surface area contributed by atoms with Crippen LogP contribution in [0.15, 0.2) is 47.1 Å². The Hall–Kier alpha value is -1.55. The number of halogens is 1. The van der Waals surface area contributed by atoms with Crippen LogP contribution in [0.25, 0.3) is 0 Å². The summed E-state index contributed by atoms with van der Waals surface area (Å²) in [5.41, 5.74) is 2.42. The van der Waals surface area contributed by atoms with E-state index in [1.165, 1.54) is 11.3 Å². The number of hydrogen-bond acceptors (Lipinski definition) is 3. The summed E-state index contributed by atoms with van der Waals surface area (Å²) in [6, 6.07) is 13.0.